The smallest absolute Gasteiger partial charge is 0.242 e. The minimum Gasteiger partial charge on any atom is -0.488 e. The van der Waals surface area contributed by atoms with Crippen molar-refractivity contribution in [3.8, 4) is 5.75 Å². The highest BCUT2D eigenvalue weighted by Gasteiger charge is 2.13. The Labute approximate surface area is 178 Å². The summed E-state index contributed by atoms with van der Waals surface area (Å²) in [5.74, 6) is 0.358. The number of hydrogen-bond donors (Lipinski definition) is 2. The molecule has 29 heavy (non-hydrogen) atoms. The number of hydrogen-bond acceptors (Lipinski definition) is 4. The second-order valence-electron chi connectivity index (χ2n) is 7.00. The van der Waals surface area contributed by atoms with E-state index in [0.717, 1.165) is 28.0 Å². The first kappa shape index (κ1) is 24.5. The molecule has 0 aliphatic rings. The summed E-state index contributed by atoms with van der Waals surface area (Å²) >= 11 is 0. The summed E-state index contributed by atoms with van der Waals surface area (Å²) in [5, 5.41) is 2.49. The summed E-state index contributed by atoms with van der Waals surface area (Å²) in [6, 6.07) is 12.2. The van der Waals surface area contributed by atoms with Gasteiger partial charge in [0.15, 0.2) is 0 Å². The third-order valence-electron chi connectivity index (χ3n) is 4.62. The van der Waals surface area contributed by atoms with E-state index in [1.807, 2.05) is 38.1 Å². The summed E-state index contributed by atoms with van der Waals surface area (Å²) < 4.78 is 6.08. The van der Waals surface area contributed by atoms with E-state index in [0.29, 0.717) is 13.2 Å². The van der Waals surface area contributed by atoms with Gasteiger partial charge in [0.05, 0.1) is 13.1 Å². The molecule has 0 fully saturated rings. The van der Waals surface area contributed by atoms with Crippen LogP contribution >= 0.6 is 12.4 Å². The molecule has 0 unspecified atom stereocenters. The van der Waals surface area contributed by atoms with E-state index >= 15 is 0 Å². The van der Waals surface area contributed by atoms with Gasteiger partial charge in [-0.2, -0.15) is 0 Å². The van der Waals surface area contributed by atoms with Crippen LogP contribution in [0.4, 0.5) is 0 Å². The Morgan fingerprint density at radius 3 is 2.28 bits per heavy atom. The summed E-state index contributed by atoms with van der Waals surface area (Å²) in [6.07, 6.45) is 0. The molecule has 0 radical (unpaired) electrons. The third-order valence-corrected chi connectivity index (χ3v) is 4.62. The molecule has 0 atom stereocenters. The molecule has 2 rings (SSSR count). The molecule has 0 spiro atoms. The second kappa shape index (κ2) is 11.4. The number of halogens is 1. The monoisotopic (exact) mass is 419 g/mol. The van der Waals surface area contributed by atoms with E-state index in [1.165, 1.54) is 5.56 Å². The highest BCUT2D eigenvalue weighted by molar-refractivity contribution is 5.85. The van der Waals surface area contributed by atoms with Crippen LogP contribution in [0.3, 0.4) is 0 Å². The maximum absolute atomic E-state index is 12.1. The maximum atomic E-state index is 12.1. The fraction of sp³-hybridized carbons (Fsp3) is 0.364. The van der Waals surface area contributed by atoms with Gasteiger partial charge in [0.25, 0.3) is 0 Å². The van der Waals surface area contributed by atoms with Gasteiger partial charge in [-0.3, -0.25) is 9.59 Å². The number of carbonyl (C=O) groups excluding carboxylic acids is 2. The Morgan fingerprint density at radius 2 is 1.69 bits per heavy atom. The average molecular weight is 420 g/mol. The third kappa shape index (κ3) is 7.07. The molecule has 0 saturated carbocycles. The first-order chi connectivity index (χ1) is 13.3. The van der Waals surface area contributed by atoms with E-state index in [4.69, 9.17) is 10.5 Å². The zero-order valence-corrected chi connectivity index (χ0v) is 18.3. The predicted molar refractivity (Wildman–Crippen MR) is 117 cm³/mol. The summed E-state index contributed by atoms with van der Waals surface area (Å²) in [5.41, 5.74) is 10.7. The number of aryl methyl sites for hydroxylation is 3. The minimum absolute atomic E-state index is 0. The summed E-state index contributed by atoms with van der Waals surface area (Å²) in [7, 11) is 1.71. The van der Waals surface area contributed by atoms with E-state index in [9.17, 15) is 9.59 Å². The molecule has 0 bridgehead atoms. The molecule has 7 heteroatoms. The van der Waals surface area contributed by atoms with Gasteiger partial charge in [-0.1, -0.05) is 36.4 Å². The molecular weight excluding hydrogens is 390 g/mol. The van der Waals surface area contributed by atoms with Crippen LogP contribution in [0.5, 0.6) is 5.75 Å². The molecule has 0 saturated heterocycles. The molecule has 0 aromatic heterocycles. The average Bonchev–Trinajstić information content (AvgIpc) is 2.66. The molecule has 2 amide bonds. The van der Waals surface area contributed by atoms with E-state index in [2.05, 4.69) is 24.4 Å². The van der Waals surface area contributed by atoms with Crippen LogP contribution in [0.2, 0.25) is 0 Å². The second-order valence-corrected chi connectivity index (χ2v) is 7.00. The van der Waals surface area contributed by atoms with Crippen molar-refractivity contribution < 1.29 is 14.3 Å². The molecule has 0 aliphatic carbocycles. The van der Waals surface area contributed by atoms with Crippen molar-refractivity contribution in [1.29, 1.82) is 0 Å². The van der Waals surface area contributed by atoms with Crippen LogP contribution < -0.4 is 15.8 Å². The van der Waals surface area contributed by atoms with E-state index < -0.39 is 0 Å². The van der Waals surface area contributed by atoms with Gasteiger partial charge in [-0.05, 0) is 48.6 Å². The van der Waals surface area contributed by atoms with Crippen molar-refractivity contribution in [2.24, 2.45) is 5.73 Å². The lowest BCUT2D eigenvalue weighted by molar-refractivity contribution is -0.131. The van der Waals surface area contributed by atoms with Crippen LogP contribution in [-0.2, 0) is 22.7 Å². The Balaban J connectivity index is 0.00000420. The van der Waals surface area contributed by atoms with Gasteiger partial charge >= 0.3 is 0 Å². The first-order valence-corrected chi connectivity index (χ1v) is 9.30. The number of nitrogens with two attached hydrogens (primary N) is 1. The number of amides is 2. The lowest BCUT2D eigenvalue weighted by atomic mass is 10.0. The zero-order valence-electron chi connectivity index (χ0n) is 17.5. The zero-order chi connectivity index (χ0) is 20.7. The number of benzene rings is 2. The first-order valence-electron chi connectivity index (χ1n) is 9.30. The lowest BCUT2D eigenvalue weighted by Crippen LogP contribution is -2.40. The van der Waals surface area contributed by atoms with Crippen molar-refractivity contribution in [2.75, 3.05) is 20.1 Å². The Morgan fingerprint density at radius 1 is 1.07 bits per heavy atom. The Hall–Kier alpha value is -2.57. The van der Waals surface area contributed by atoms with Gasteiger partial charge in [-0.15, -0.1) is 12.4 Å². The van der Waals surface area contributed by atoms with Crippen LogP contribution in [0.25, 0.3) is 0 Å². The maximum Gasteiger partial charge on any atom is 0.242 e. The Bertz CT molecular complexity index is 832. The predicted octanol–water partition coefficient (Wildman–Crippen LogP) is 2.65. The van der Waals surface area contributed by atoms with Crippen LogP contribution in [-0.4, -0.2) is 36.9 Å². The molecule has 0 heterocycles. The van der Waals surface area contributed by atoms with Crippen molar-refractivity contribution in [1.82, 2.24) is 10.2 Å². The molecule has 2 aromatic rings. The topological polar surface area (TPSA) is 84.7 Å². The lowest BCUT2D eigenvalue weighted by Gasteiger charge is -2.20. The van der Waals surface area contributed by atoms with Gasteiger partial charge in [0, 0.05) is 13.6 Å². The van der Waals surface area contributed by atoms with E-state index in [-0.39, 0.29) is 37.3 Å². The van der Waals surface area contributed by atoms with Gasteiger partial charge in [-0.25, -0.2) is 0 Å². The Kier molecular flexibility index (Phi) is 9.65. The molecule has 158 valence electrons. The fourth-order valence-corrected chi connectivity index (χ4v) is 3.02. The summed E-state index contributed by atoms with van der Waals surface area (Å²) in [6.45, 7) is 6.88. The van der Waals surface area contributed by atoms with Crippen molar-refractivity contribution >= 4 is 24.2 Å². The van der Waals surface area contributed by atoms with Crippen LogP contribution in [0.15, 0.2) is 36.4 Å². The molecule has 3 N–H and O–H groups in total. The highest BCUT2D eigenvalue weighted by atomic mass is 35.5. The normalized spacial score (nSPS) is 10.1. The number of carbonyl (C=O) groups is 2. The van der Waals surface area contributed by atoms with Gasteiger partial charge < -0.3 is 20.7 Å². The highest BCUT2D eigenvalue weighted by Crippen LogP contribution is 2.26. The molecule has 0 aliphatic heterocycles. The quantitative estimate of drug-likeness (QED) is 0.688. The molecular formula is C22H30ClN3O3. The van der Waals surface area contributed by atoms with E-state index in [1.54, 1.807) is 11.9 Å². The number of nitrogens with one attached hydrogen (secondary N) is 1. The molecule has 2 aromatic carbocycles. The summed E-state index contributed by atoms with van der Waals surface area (Å²) in [4.78, 5) is 24.9. The SMILES string of the molecule is Cc1ccccc1COc1c(C)cc(CN(C)C(=O)CNC(=O)CN)cc1C.Cl. The minimum atomic E-state index is -0.344. The van der Waals surface area contributed by atoms with Crippen molar-refractivity contribution in [3.05, 3.63) is 64.2 Å². The number of ether oxygens (including phenoxy) is 1. The standard InChI is InChI=1S/C22H29N3O3.ClH/c1-15-7-5-6-8-19(15)14-28-22-16(2)9-18(10-17(22)3)13-25(4)21(27)12-24-20(26)11-23;/h5-10H,11-14,23H2,1-4H3,(H,24,26);1H. The van der Waals surface area contributed by atoms with Gasteiger partial charge in [0.2, 0.25) is 11.8 Å². The number of rotatable bonds is 8. The molecule has 6 nitrogen and oxygen atoms in total. The van der Waals surface area contributed by atoms with Crippen LogP contribution in [0.1, 0.15) is 27.8 Å². The van der Waals surface area contributed by atoms with Crippen molar-refractivity contribution in [3.63, 3.8) is 0 Å². The largest absolute Gasteiger partial charge is 0.488 e. The van der Waals surface area contributed by atoms with Crippen LogP contribution in [0, 0.1) is 20.8 Å². The van der Waals surface area contributed by atoms with Gasteiger partial charge in [0.1, 0.15) is 12.4 Å². The van der Waals surface area contributed by atoms with Crippen molar-refractivity contribution in [2.45, 2.75) is 33.9 Å². The number of likely N-dealkylation sites (N-methyl/N-ethyl adjacent to an activating group) is 1. The number of nitrogens with zero attached hydrogens (tertiary/aromatic N) is 1. The fourth-order valence-electron chi connectivity index (χ4n) is 3.02.